The average Bonchev–Trinajstić information content (AvgIpc) is 3.78. The highest BCUT2D eigenvalue weighted by atomic mass is 16.8. The molecule has 4 aliphatic carbocycles. The van der Waals surface area contributed by atoms with Gasteiger partial charge >= 0.3 is 5.97 Å². The Bertz CT molecular complexity index is 2130. The summed E-state index contributed by atoms with van der Waals surface area (Å²) < 4.78 is 81.8. The number of fused-ring (bicyclic) bond motifs is 5. The molecule has 3 N–H and O–H groups in total. The van der Waals surface area contributed by atoms with E-state index < -0.39 is 132 Å². The summed E-state index contributed by atoms with van der Waals surface area (Å²) in [6.45, 7) is 13.1. The molecule has 1 aromatic rings. The monoisotopic (exact) mass is 1040 g/mol. The van der Waals surface area contributed by atoms with Crippen LogP contribution in [0.3, 0.4) is 0 Å². The topological polar surface area (TPSA) is 215 Å². The highest BCUT2D eigenvalue weighted by Gasteiger charge is 2.77. The normalized spacial score (nSPS) is 48.4. The van der Waals surface area contributed by atoms with Gasteiger partial charge in [-0.05, 0) is 97.1 Å². The van der Waals surface area contributed by atoms with E-state index in [-0.39, 0.29) is 36.9 Å². The standard InChI is InChI=1S/C56H84O18/c1-29(57)37-19-22-56(61)54(37,7)43(71-52(59)34-15-13-12-14-16-34)28-42-53(6)20-18-36(23-35(53)17-21-55(42,56)60)70-44-25-39(63-9)49(31(3)67-44)73-46-27-41(65-11)51(33(5)69-46)74-47-26-40(64-10)50(32(4)68-47)72-45-24-38(62-8)48(58)30(2)66-45/h12-17,30-33,36-51,58,60-61H,18-28H2,1-11H3. The first kappa shape index (κ1) is 56.2. The second kappa shape index (κ2) is 22.3. The maximum absolute atomic E-state index is 13.7. The Kier molecular flexibility index (Phi) is 17.0. The number of hydrogen-bond donors (Lipinski definition) is 3. The van der Waals surface area contributed by atoms with Gasteiger partial charge in [0.1, 0.15) is 47.5 Å². The number of hydrogen-bond acceptors (Lipinski definition) is 18. The summed E-state index contributed by atoms with van der Waals surface area (Å²) in [6.07, 6.45) is -2.17. The molecule has 1 aromatic carbocycles. The first-order chi connectivity index (χ1) is 35.2. The van der Waals surface area contributed by atoms with Gasteiger partial charge < -0.3 is 76.9 Å². The van der Waals surface area contributed by atoms with Crippen LogP contribution in [-0.2, 0) is 66.4 Å². The Morgan fingerprint density at radius 3 is 1.62 bits per heavy atom. The lowest BCUT2D eigenvalue weighted by atomic mass is 9.43. The minimum atomic E-state index is -1.68. The zero-order chi connectivity index (χ0) is 53.1. The van der Waals surface area contributed by atoms with Crippen LogP contribution in [0, 0.1) is 22.7 Å². The molecule has 0 spiro atoms. The number of benzene rings is 1. The molecule has 0 aromatic heterocycles. The Morgan fingerprint density at radius 2 is 1.12 bits per heavy atom. The predicted molar refractivity (Wildman–Crippen MR) is 264 cm³/mol. The van der Waals surface area contributed by atoms with Crippen molar-refractivity contribution < 1.29 is 86.5 Å². The van der Waals surface area contributed by atoms with Gasteiger partial charge in [0, 0.05) is 71.4 Å². The van der Waals surface area contributed by atoms with Gasteiger partial charge in [-0.3, -0.25) is 4.79 Å². The molecule has 74 heavy (non-hydrogen) atoms. The van der Waals surface area contributed by atoms with E-state index >= 15 is 0 Å². The molecule has 24 unspecified atom stereocenters. The zero-order valence-corrected chi connectivity index (χ0v) is 45.3. The summed E-state index contributed by atoms with van der Waals surface area (Å²) in [4.78, 5) is 27.0. The number of ether oxygens (including phenoxy) is 13. The van der Waals surface area contributed by atoms with Crippen molar-refractivity contribution in [2.75, 3.05) is 28.4 Å². The van der Waals surface area contributed by atoms with Crippen LogP contribution in [0.25, 0.3) is 0 Å². The number of carbonyl (C=O) groups is 2. The van der Waals surface area contributed by atoms with Crippen molar-refractivity contribution in [1.29, 1.82) is 0 Å². The number of Topliss-reactive ketones (excluding diaryl/α,β-unsaturated/α-hetero) is 1. The number of ketones is 1. The van der Waals surface area contributed by atoms with Gasteiger partial charge in [0.2, 0.25) is 0 Å². The van der Waals surface area contributed by atoms with Crippen molar-refractivity contribution in [2.24, 2.45) is 22.7 Å². The SMILES string of the molecule is COC1CC(OC2C(C)OC(OC3C(C)OC(OC4C(C)OC(OC5CCC6(C)C(=CCC7(O)C6CC(OC(=O)c6ccccc6)C6(C)C(C(C)=O)CCC76O)C5)CC4OC)CC3OC)CC2OC)OC(C)C1O. The third-order valence-corrected chi connectivity index (χ3v) is 19.2. The highest BCUT2D eigenvalue weighted by molar-refractivity contribution is 5.89. The van der Waals surface area contributed by atoms with Crippen LogP contribution < -0.4 is 0 Å². The molecule has 18 heteroatoms. The van der Waals surface area contributed by atoms with E-state index in [1.165, 1.54) is 6.92 Å². The van der Waals surface area contributed by atoms with Crippen LogP contribution in [0.2, 0.25) is 0 Å². The molecule has 0 radical (unpaired) electrons. The molecular weight excluding hydrogens is 961 g/mol. The van der Waals surface area contributed by atoms with Crippen molar-refractivity contribution in [3.05, 3.63) is 47.5 Å². The summed E-state index contributed by atoms with van der Waals surface area (Å²) >= 11 is 0. The van der Waals surface area contributed by atoms with Crippen LogP contribution in [-0.4, -0.2) is 177 Å². The molecule has 4 aliphatic heterocycles. The van der Waals surface area contributed by atoms with Gasteiger partial charge in [0.15, 0.2) is 25.2 Å². The molecule has 4 saturated heterocycles. The molecule has 0 bridgehead atoms. The van der Waals surface area contributed by atoms with Gasteiger partial charge in [0.05, 0.1) is 60.5 Å². The second-order valence-electron chi connectivity index (χ2n) is 23.1. The summed E-state index contributed by atoms with van der Waals surface area (Å²) in [6, 6.07) is 8.78. The molecule has 3 saturated carbocycles. The number of aliphatic hydroxyl groups excluding tert-OH is 1. The number of esters is 1. The molecule has 18 nitrogen and oxygen atoms in total. The van der Waals surface area contributed by atoms with E-state index in [1.54, 1.807) is 59.6 Å². The molecule has 9 rings (SSSR count). The fourth-order valence-corrected chi connectivity index (χ4v) is 14.9. The summed E-state index contributed by atoms with van der Waals surface area (Å²) in [5.41, 5.74) is -3.42. The molecule has 4 heterocycles. The average molecular weight is 1050 g/mol. The van der Waals surface area contributed by atoms with E-state index in [1.807, 2.05) is 33.8 Å². The summed E-state index contributed by atoms with van der Waals surface area (Å²) in [5.74, 6) is -1.62. The Morgan fingerprint density at radius 1 is 0.635 bits per heavy atom. The molecule has 8 aliphatic rings. The predicted octanol–water partition coefficient (Wildman–Crippen LogP) is 5.72. The van der Waals surface area contributed by atoms with Gasteiger partial charge in [0.25, 0.3) is 0 Å². The number of carbonyl (C=O) groups excluding carboxylic acids is 2. The summed E-state index contributed by atoms with van der Waals surface area (Å²) in [7, 11) is 6.52. The second-order valence-corrected chi connectivity index (χ2v) is 23.1. The van der Waals surface area contributed by atoms with Gasteiger partial charge in [-0.2, -0.15) is 0 Å². The van der Waals surface area contributed by atoms with Gasteiger partial charge in [-0.25, -0.2) is 4.79 Å². The first-order valence-electron chi connectivity index (χ1n) is 27.1. The minimum Gasteiger partial charge on any atom is -0.458 e. The van der Waals surface area contributed by atoms with Gasteiger partial charge in [-0.1, -0.05) is 43.7 Å². The van der Waals surface area contributed by atoms with Gasteiger partial charge in [-0.15, -0.1) is 0 Å². The van der Waals surface area contributed by atoms with Crippen molar-refractivity contribution in [2.45, 2.75) is 241 Å². The Hall–Kier alpha value is -2.50. The molecule has 7 fully saturated rings. The summed E-state index contributed by atoms with van der Waals surface area (Å²) in [5, 5.41) is 36.4. The first-order valence-corrected chi connectivity index (χ1v) is 27.1. The van der Waals surface area contributed by atoms with Crippen LogP contribution in [0.1, 0.15) is 129 Å². The molecule has 0 amide bonds. The lowest BCUT2D eigenvalue weighted by Crippen LogP contribution is -2.75. The quantitative estimate of drug-likeness (QED) is 0.141. The zero-order valence-electron chi connectivity index (χ0n) is 45.3. The van der Waals surface area contributed by atoms with Crippen molar-refractivity contribution in [1.82, 2.24) is 0 Å². The highest BCUT2D eigenvalue weighted by Crippen LogP contribution is 2.70. The lowest BCUT2D eigenvalue weighted by Gasteiger charge is -2.66. The van der Waals surface area contributed by atoms with E-state index in [0.717, 1.165) is 5.57 Å². The fraction of sp³-hybridized carbons (Fsp3) is 0.821. The van der Waals surface area contributed by atoms with E-state index in [0.29, 0.717) is 63.4 Å². The lowest BCUT2D eigenvalue weighted by molar-refractivity contribution is -0.347. The number of methoxy groups -OCH3 is 4. The van der Waals surface area contributed by atoms with E-state index in [4.69, 9.17) is 61.6 Å². The minimum absolute atomic E-state index is 0.0822. The maximum atomic E-state index is 13.7. The Balaban J connectivity index is 0.803. The van der Waals surface area contributed by atoms with Crippen molar-refractivity contribution >= 4 is 11.8 Å². The van der Waals surface area contributed by atoms with Crippen LogP contribution >= 0.6 is 0 Å². The smallest absolute Gasteiger partial charge is 0.338 e. The molecule has 416 valence electrons. The van der Waals surface area contributed by atoms with Crippen molar-refractivity contribution in [3.8, 4) is 0 Å². The third kappa shape index (κ3) is 10.1. The molecular formula is C56H84O18. The van der Waals surface area contributed by atoms with Crippen LogP contribution in [0.15, 0.2) is 42.0 Å². The third-order valence-electron chi connectivity index (χ3n) is 19.2. The fourth-order valence-electron chi connectivity index (χ4n) is 14.9. The van der Waals surface area contributed by atoms with Crippen LogP contribution in [0.4, 0.5) is 0 Å². The van der Waals surface area contributed by atoms with Crippen molar-refractivity contribution in [3.63, 3.8) is 0 Å². The Labute approximate surface area is 436 Å². The van der Waals surface area contributed by atoms with E-state index in [2.05, 4.69) is 13.0 Å². The molecule has 24 atom stereocenters. The maximum Gasteiger partial charge on any atom is 0.338 e. The van der Waals surface area contributed by atoms with Crippen LogP contribution in [0.5, 0.6) is 0 Å². The van der Waals surface area contributed by atoms with E-state index in [9.17, 15) is 24.9 Å². The largest absolute Gasteiger partial charge is 0.458 e. The number of rotatable bonds is 15. The number of aliphatic hydroxyl groups is 3.